The third kappa shape index (κ3) is 2.81. The zero-order chi connectivity index (χ0) is 14.7. The van der Waals surface area contributed by atoms with Gasteiger partial charge >= 0.3 is 0 Å². The van der Waals surface area contributed by atoms with Crippen LogP contribution >= 0.6 is 11.8 Å². The fourth-order valence-corrected chi connectivity index (χ4v) is 3.51. The Morgan fingerprint density at radius 3 is 2.81 bits per heavy atom. The molecule has 3 rings (SSSR count). The van der Waals surface area contributed by atoms with E-state index in [1.807, 2.05) is 53.8 Å². The first-order valence-electron chi connectivity index (χ1n) is 7.16. The lowest BCUT2D eigenvalue weighted by atomic mass is 10.1. The molecule has 1 atom stereocenters. The average Bonchev–Trinajstić information content (AvgIpc) is 3.04. The van der Waals surface area contributed by atoms with Crippen molar-refractivity contribution >= 4 is 17.7 Å². The molecule has 0 saturated carbocycles. The Kier molecular flexibility index (Phi) is 4.25. The predicted octanol–water partition coefficient (Wildman–Crippen LogP) is 3.78. The molecule has 0 radical (unpaired) electrons. The quantitative estimate of drug-likeness (QED) is 0.809. The average molecular weight is 298 g/mol. The number of hydrogen-bond donors (Lipinski definition) is 0. The molecular formula is C17H18N2OS. The zero-order valence-electron chi connectivity index (χ0n) is 12.0. The second-order valence-electron chi connectivity index (χ2n) is 5.12. The van der Waals surface area contributed by atoms with E-state index in [2.05, 4.69) is 11.1 Å². The number of aromatic nitrogens is 1. The summed E-state index contributed by atoms with van der Waals surface area (Å²) >= 11 is 1.64. The molecule has 0 bridgehead atoms. The number of amides is 1. The van der Waals surface area contributed by atoms with Gasteiger partial charge in [-0.15, -0.1) is 11.8 Å². The van der Waals surface area contributed by atoms with Crippen molar-refractivity contribution in [3.63, 3.8) is 0 Å². The number of thioether (sulfide) groups is 1. The highest BCUT2D eigenvalue weighted by molar-refractivity contribution is 7.98. The molecule has 0 aliphatic carbocycles. The number of pyridine rings is 1. The van der Waals surface area contributed by atoms with E-state index in [1.165, 1.54) is 5.56 Å². The Hall–Kier alpha value is -1.81. The molecule has 1 aliphatic heterocycles. The van der Waals surface area contributed by atoms with Crippen LogP contribution in [0.15, 0.2) is 53.7 Å². The smallest absolute Gasteiger partial charge is 0.254 e. The number of likely N-dealkylation sites (tertiary alicyclic amines) is 1. The molecule has 2 heterocycles. The summed E-state index contributed by atoms with van der Waals surface area (Å²) < 4.78 is 0. The maximum Gasteiger partial charge on any atom is 0.254 e. The standard InChI is InChI=1S/C17H18N2OS/c1-21-16-14(9-5-11-18-16)15-10-6-12-19(15)17(20)13-7-3-2-4-8-13/h2-5,7-9,11,15H,6,10,12H2,1H3/t15-/m1/s1. The third-order valence-electron chi connectivity index (χ3n) is 3.89. The monoisotopic (exact) mass is 298 g/mol. The van der Waals surface area contributed by atoms with E-state index in [0.717, 1.165) is 30.0 Å². The van der Waals surface area contributed by atoms with Gasteiger partial charge in [-0.3, -0.25) is 4.79 Å². The summed E-state index contributed by atoms with van der Waals surface area (Å²) in [4.78, 5) is 19.2. The van der Waals surface area contributed by atoms with Gasteiger partial charge in [0.15, 0.2) is 0 Å². The van der Waals surface area contributed by atoms with Crippen LogP contribution in [0.2, 0.25) is 0 Å². The maximum atomic E-state index is 12.7. The van der Waals surface area contributed by atoms with Crippen LogP contribution in [0.25, 0.3) is 0 Å². The largest absolute Gasteiger partial charge is 0.332 e. The van der Waals surface area contributed by atoms with Gasteiger partial charge in [0, 0.05) is 23.9 Å². The Morgan fingerprint density at radius 1 is 1.24 bits per heavy atom. The highest BCUT2D eigenvalue weighted by Gasteiger charge is 2.32. The van der Waals surface area contributed by atoms with Crippen LogP contribution in [0, 0.1) is 0 Å². The van der Waals surface area contributed by atoms with Crippen molar-refractivity contribution < 1.29 is 4.79 Å². The van der Waals surface area contributed by atoms with E-state index in [4.69, 9.17) is 0 Å². The lowest BCUT2D eigenvalue weighted by Gasteiger charge is -2.26. The maximum absolute atomic E-state index is 12.7. The predicted molar refractivity (Wildman–Crippen MR) is 85.5 cm³/mol. The Balaban J connectivity index is 1.91. The SMILES string of the molecule is CSc1ncccc1[C@H]1CCCN1C(=O)c1ccccc1. The minimum atomic E-state index is 0.119. The summed E-state index contributed by atoms with van der Waals surface area (Å²) in [5.41, 5.74) is 1.94. The van der Waals surface area contributed by atoms with Gasteiger partial charge in [0.25, 0.3) is 5.91 Å². The van der Waals surface area contributed by atoms with E-state index >= 15 is 0 Å². The Morgan fingerprint density at radius 2 is 2.05 bits per heavy atom. The fraction of sp³-hybridized carbons (Fsp3) is 0.294. The van der Waals surface area contributed by atoms with Crippen LogP contribution < -0.4 is 0 Å². The number of carbonyl (C=O) groups excluding carboxylic acids is 1. The molecule has 1 fully saturated rings. The summed E-state index contributed by atoms with van der Waals surface area (Å²) in [6.45, 7) is 0.821. The van der Waals surface area contributed by atoms with Gasteiger partial charge in [0.05, 0.1) is 6.04 Å². The zero-order valence-corrected chi connectivity index (χ0v) is 12.8. The van der Waals surface area contributed by atoms with Crippen molar-refractivity contribution in [2.24, 2.45) is 0 Å². The molecular weight excluding hydrogens is 280 g/mol. The third-order valence-corrected chi connectivity index (χ3v) is 4.62. The lowest BCUT2D eigenvalue weighted by Crippen LogP contribution is -2.30. The lowest BCUT2D eigenvalue weighted by molar-refractivity contribution is 0.0733. The molecule has 1 aromatic heterocycles. The van der Waals surface area contributed by atoms with E-state index < -0.39 is 0 Å². The highest BCUT2D eigenvalue weighted by Crippen LogP contribution is 2.36. The van der Waals surface area contributed by atoms with Crippen LogP contribution in [0.5, 0.6) is 0 Å². The van der Waals surface area contributed by atoms with E-state index in [1.54, 1.807) is 11.8 Å². The van der Waals surface area contributed by atoms with Crippen molar-refractivity contribution in [3.05, 3.63) is 59.8 Å². The highest BCUT2D eigenvalue weighted by atomic mass is 32.2. The van der Waals surface area contributed by atoms with Gasteiger partial charge in [-0.2, -0.15) is 0 Å². The molecule has 1 saturated heterocycles. The second kappa shape index (κ2) is 6.31. The first-order chi connectivity index (χ1) is 10.3. The summed E-state index contributed by atoms with van der Waals surface area (Å²) in [6, 6.07) is 13.7. The molecule has 108 valence electrons. The molecule has 0 unspecified atom stereocenters. The summed E-state index contributed by atoms with van der Waals surface area (Å²) in [5, 5.41) is 1.02. The second-order valence-corrected chi connectivity index (χ2v) is 5.92. The van der Waals surface area contributed by atoms with E-state index in [-0.39, 0.29) is 11.9 Å². The molecule has 0 spiro atoms. The molecule has 1 aromatic carbocycles. The normalized spacial score (nSPS) is 18.0. The number of rotatable bonds is 3. The first kappa shape index (κ1) is 14.1. The molecule has 3 nitrogen and oxygen atoms in total. The first-order valence-corrected chi connectivity index (χ1v) is 8.38. The Labute approximate surface area is 129 Å². The number of nitrogens with zero attached hydrogens (tertiary/aromatic N) is 2. The fourth-order valence-electron chi connectivity index (χ4n) is 2.91. The molecule has 1 aliphatic rings. The van der Waals surface area contributed by atoms with Gasteiger partial charge in [-0.05, 0) is 37.3 Å². The molecule has 1 amide bonds. The summed E-state index contributed by atoms with van der Waals surface area (Å²) in [6.07, 6.45) is 5.90. The summed E-state index contributed by atoms with van der Waals surface area (Å²) in [5.74, 6) is 0.119. The molecule has 2 aromatic rings. The van der Waals surface area contributed by atoms with Crippen molar-refractivity contribution in [1.29, 1.82) is 0 Å². The van der Waals surface area contributed by atoms with Crippen molar-refractivity contribution in [3.8, 4) is 0 Å². The summed E-state index contributed by atoms with van der Waals surface area (Å²) in [7, 11) is 0. The number of benzene rings is 1. The molecule has 21 heavy (non-hydrogen) atoms. The van der Waals surface area contributed by atoms with Crippen LogP contribution in [0.4, 0.5) is 0 Å². The van der Waals surface area contributed by atoms with Crippen LogP contribution in [-0.2, 0) is 0 Å². The minimum Gasteiger partial charge on any atom is -0.332 e. The van der Waals surface area contributed by atoms with Crippen LogP contribution in [0.1, 0.15) is 34.8 Å². The van der Waals surface area contributed by atoms with E-state index in [0.29, 0.717) is 0 Å². The van der Waals surface area contributed by atoms with Crippen molar-refractivity contribution in [1.82, 2.24) is 9.88 Å². The Bertz CT molecular complexity index is 630. The molecule has 0 N–H and O–H groups in total. The number of carbonyl (C=O) groups is 1. The van der Waals surface area contributed by atoms with Crippen molar-refractivity contribution in [2.75, 3.05) is 12.8 Å². The number of hydrogen-bond acceptors (Lipinski definition) is 3. The van der Waals surface area contributed by atoms with Gasteiger partial charge in [0.2, 0.25) is 0 Å². The minimum absolute atomic E-state index is 0.119. The van der Waals surface area contributed by atoms with Crippen LogP contribution in [-0.4, -0.2) is 28.6 Å². The van der Waals surface area contributed by atoms with Gasteiger partial charge in [-0.25, -0.2) is 4.98 Å². The van der Waals surface area contributed by atoms with Gasteiger partial charge in [0.1, 0.15) is 5.03 Å². The topological polar surface area (TPSA) is 33.2 Å². The van der Waals surface area contributed by atoms with E-state index in [9.17, 15) is 4.79 Å². The van der Waals surface area contributed by atoms with Crippen LogP contribution in [0.3, 0.4) is 0 Å². The van der Waals surface area contributed by atoms with Gasteiger partial charge < -0.3 is 4.90 Å². The van der Waals surface area contributed by atoms with Gasteiger partial charge in [-0.1, -0.05) is 24.3 Å². The van der Waals surface area contributed by atoms with Crippen molar-refractivity contribution in [2.45, 2.75) is 23.9 Å². The molecule has 4 heteroatoms.